The van der Waals surface area contributed by atoms with Crippen molar-refractivity contribution in [2.75, 3.05) is 19.8 Å². The van der Waals surface area contributed by atoms with E-state index in [9.17, 15) is 55.5 Å². The van der Waals surface area contributed by atoms with Gasteiger partial charge >= 0.3 is 11.9 Å². The van der Waals surface area contributed by atoms with Gasteiger partial charge in [0.15, 0.2) is 6.29 Å². The molecule has 1 rings (SSSR count). The highest BCUT2D eigenvalue weighted by atomic mass is 16.7. The third-order valence-electron chi connectivity index (χ3n) is 12.0. The van der Waals surface area contributed by atoms with E-state index in [4.69, 9.17) is 24.1 Å². The lowest BCUT2D eigenvalue weighted by molar-refractivity contribution is -0.317. The fourth-order valence-electron chi connectivity index (χ4n) is 7.95. The van der Waals surface area contributed by atoms with Crippen LogP contribution >= 0.6 is 0 Å². The summed E-state index contributed by atoms with van der Waals surface area (Å²) in [6.45, 7) is 19.9. The lowest BCUT2D eigenvalue weighted by Crippen LogP contribution is -2.60. The summed E-state index contributed by atoms with van der Waals surface area (Å²) < 4.78 is 22.4. The molecule has 1 aliphatic rings. The number of carbonyl (C=O) groups is 2. The number of ether oxygens (including phenoxy) is 4. The SMILES string of the molecule is CC[C@H](C)C[C@@H](C)C[C@@H](C)[C@@H](O[C@@H]1O[C@H](COC(C)=O)[C@@H](O)[C@H](O)[C@@H]1O)[C@H](C)/C=C(\C)[C@@H](O)[C@H](C)/C=C(\C)[C@@H](O)[C@H](C)/C=C(\C)[C@H](O)[C@@H](C)C(=O)OC[C@@H](O)[C@H](O)[C@H](O)CO. The van der Waals surface area contributed by atoms with Crippen molar-refractivity contribution < 1.29 is 79.6 Å². The van der Waals surface area contributed by atoms with E-state index in [1.165, 1.54) is 13.8 Å². The molecule has 19 atom stereocenters. The summed E-state index contributed by atoms with van der Waals surface area (Å²) in [5.41, 5.74) is 1.55. The van der Waals surface area contributed by atoms with Gasteiger partial charge in [-0.25, -0.2) is 0 Å². The molecule has 0 aromatic rings. The summed E-state index contributed by atoms with van der Waals surface area (Å²) in [4.78, 5) is 24.1. The normalized spacial score (nSPS) is 27.6. The molecular weight excluding hydrogens is 796 g/mol. The zero-order chi connectivity index (χ0) is 47.0. The molecule has 61 heavy (non-hydrogen) atoms. The van der Waals surface area contributed by atoms with E-state index in [1.54, 1.807) is 39.8 Å². The second-order valence-electron chi connectivity index (χ2n) is 17.9. The lowest BCUT2D eigenvalue weighted by atomic mass is 9.82. The Balaban J connectivity index is 3.19. The first-order valence-electron chi connectivity index (χ1n) is 21.7. The van der Waals surface area contributed by atoms with Crippen LogP contribution in [0.5, 0.6) is 0 Å². The summed E-state index contributed by atoms with van der Waals surface area (Å²) >= 11 is 0. The van der Waals surface area contributed by atoms with Crippen molar-refractivity contribution in [3.05, 3.63) is 34.9 Å². The van der Waals surface area contributed by atoms with Gasteiger partial charge in [0.05, 0.1) is 36.9 Å². The maximum Gasteiger partial charge on any atom is 0.311 e. The zero-order valence-corrected chi connectivity index (χ0v) is 38.4. The van der Waals surface area contributed by atoms with Crippen molar-refractivity contribution in [3.63, 3.8) is 0 Å². The van der Waals surface area contributed by atoms with Gasteiger partial charge in [-0.1, -0.05) is 73.1 Å². The van der Waals surface area contributed by atoms with Gasteiger partial charge in [0.1, 0.15) is 55.9 Å². The van der Waals surface area contributed by atoms with Gasteiger partial charge < -0.3 is 70.0 Å². The molecule has 0 aromatic carbocycles. The summed E-state index contributed by atoms with van der Waals surface area (Å²) in [5, 5.41) is 104. The Hall–Kier alpha value is -2.32. The molecule has 0 radical (unpaired) electrons. The molecule has 1 heterocycles. The van der Waals surface area contributed by atoms with E-state index in [0.717, 1.165) is 19.3 Å². The predicted octanol–water partition coefficient (Wildman–Crippen LogP) is 1.93. The quantitative estimate of drug-likeness (QED) is 0.0439. The number of hydrogen-bond donors (Lipinski definition) is 10. The molecule has 1 aliphatic heterocycles. The zero-order valence-electron chi connectivity index (χ0n) is 38.4. The Morgan fingerprint density at radius 3 is 1.66 bits per heavy atom. The summed E-state index contributed by atoms with van der Waals surface area (Å²) in [5.74, 6) is -3.11. The first-order chi connectivity index (χ1) is 28.3. The molecule has 0 amide bonds. The maximum absolute atomic E-state index is 12.6. The molecule has 0 bridgehead atoms. The van der Waals surface area contributed by atoms with Crippen LogP contribution in [-0.4, -0.2) is 156 Å². The molecule has 16 heteroatoms. The van der Waals surface area contributed by atoms with Crippen molar-refractivity contribution in [2.24, 2.45) is 41.4 Å². The minimum Gasteiger partial charge on any atom is -0.463 e. The van der Waals surface area contributed by atoms with Gasteiger partial charge in [-0.15, -0.1) is 0 Å². The van der Waals surface area contributed by atoms with Crippen LogP contribution in [0.3, 0.4) is 0 Å². The van der Waals surface area contributed by atoms with Crippen LogP contribution in [0.15, 0.2) is 34.9 Å². The number of esters is 2. The van der Waals surface area contributed by atoms with Crippen LogP contribution in [-0.2, 0) is 28.5 Å². The van der Waals surface area contributed by atoms with Crippen LogP contribution < -0.4 is 0 Å². The first-order valence-corrected chi connectivity index (χ1v) is 21.7. The van der Waals surface area contributed by atoms with Crippen molar-refractivity contribution in [1.82, 2.24) is 0 Å². The Morgan fingerprint density at radius 2 is 1.16 bits per heavy atom. The van der Waals surface area contributed by atoms with Gasteiger partial charge in [-0.3, -0.25) is 9.59 Å². The monoisotopic (exact) mass is 877 g/mol. The third kappa shape index (κ3) is 18.0. The molecule has 356 valence electrons. The average molecular weight is 877 g/mol. The highest BCUT2D eigenvalue weighted by Gasteiger charge is 2.46. The van der Waals surface area contributed by atoms with Gasteiger partial charge in [0, 0.05) is 24.7 Å². The molecular formula is C45H80O16. The number of aliphatic hydroxyl groups excluding tert-OH is 10. The van der Waals surface area contributed by atoms with Crippen molar-refractivity contribution in [3.8, 4) is 0 Å². The second kappa shape index (κ2) is 27.1. The van der Waals surface area contributed by atoms with E-state index in [0.29, 0.717) is 28.6 Å². The molecule has 1 fully saturated rings. The summed E-state index contributed by atoms with van der Waals surface area (Å²) in [6.07, 6.45) is -8.05. The number of aliphatic hydroxyl groups is 10. The number of carbonyl (C=O) groups excluding carboxylic acids is 2. The largest absolute Gasteiger partial charge is 0.463 e. The Morgan fingerprint density at radius 1 is 0.656 bits per heavy atom. The summed E-state index contributed by atoms with van der Waals surface area (Å²) in [6, 6.07) is 0. The topological polar surface area (TPSA) is 273 Å². The Kier molecular flexibility index (Phi) is 25.2. The molecule has 0 aliphatic carbocycles. The lowest BCUT2D eigenvalue weighted by Gasteiger charge is -2.43. The first kappa shape index (κ1) is 56.7. The van der Waals surface area contributed by atoms with Crippen molar-refractivity contribution in [2.45, 2.75) is 176 Å². The standard InChI is InChI=1S/C45H80O16/c1-13-22(2)14-23(3)15-29(9)43(61-45-42(56)41(55)40(54)35(60-45)21-58-32(12)47)30(10)18-27(7)37(51)25(5)16-24(4)36(50)26(6)17-28(8)38(52)31(11)44(57)59-20-34(49)39(53)33(48)19-46/h16-18,22-23,25-26,29-31,33-43,45-46,48-56H,13-15,19-21H2,1-12H3/b24-16+,27-18+,28-17+/t22-,23+,25+,26+,29+,30+,31+,33+,34+,35+,36+,37-,38-,39+,40+,41-,42-,43+,45-/m0/s1. The van der Waals surface area contributed by atoms with Crippen molar-refractivity contribution >= 4 is 11.9 Å². The van der Waals surface area contributed by atoms with Crippen LogP contribution in [0.4, 0.5) is 0 Å². The number of hydrogen-bond acceptors (Lipinski definition) is 16. The Bertz CT molecular complexity index is 1400. The van der Waals surface area contributed by atoms with E-state index < -0.39 is 116 Å². The number of rotatable bonds is 26. The molecule has 16 nitrogen and oxygen atoms in total. The summed E-state index contributed by atoms with van der Waals surface area (Å²) in [7, 11) is 0. The van der Waals surface area contributed by atoms with Gasteiger partial charge in [-0.2, -0.15) is 0 Å². The molecule has 0 spiro atoms. The van der Waals surface area contributed by atoms with Crippen LogP contribution in [0.25, 0.3) is 0 Å². The highest BCUT2D eigenvalue weighted by molar-refractivity contribution is 5.73. The molecule has 0 aromatic heterocycles. The van der Waals surface area contributed by atoms with Crippen LogP contribution in [0.2, 0.25) is 0 Å². The third-order valence-corrected chi connectivity index (χ3v) is 12.0. The van der Waals surface area contributed by atoms with Gasteiger partial charge in [-0.05, 0) is 75.0 Å². The van der Waals surface area contributed by atoms with Crippen LogP contribution in [0, 0.1) is 41.4 Å². The van der Waals surface area contributed by atoms with Crippen LogP contribution in [0.1, 0.15) is 102 Å². The fourth-order valence-corrected chi connectivity index (χ4v) is 7.95. The average Bonchev–Trinajstić information content (AvgIpc) is 3.21. The molecule has 0 unspecified atom stereocenters. The smallest absolute Gasteiger partial charge is 0.311 e. The van der Waals surface area contributed by atoms with E-state index in [-0.39, 0.29) is 18.4 Å². The minimum atomic E-state index is -1.74. The second-order valence-corrected chi connectivity index (χ2v) is 17.9. The van der Waals surface area contributed by atoms with E-state index in [2.05, 4.69) is 20.8 Å². The van der Waals surface area contributed by atoms with E-state index >= 15 is 0 Å². The predicted molar refractivity (Wildman–Crippen MR) is 227 cm³/mol. The fraction of sp³-hybridized carbons (Fsp3) is 0.822. The highest BCUT2D eigenvalue weighted by Crippen LogP contribution is 2.33. The maximum atomic E-state index is 12.6. The minimum absolute atomic E-state index is 0.0823. The van der Waals surface area contributed by atoms with Crippen molar-refractivity contribution in [1.29, 1.82) is 0 Å². The van der Waals surface area contributed by atoms with Gasteiger partial charge in [0.2, 0.25) is 0 Å². The molecule has 0 saturated carbocycles. The Labute approximate surface area is 362 Å². The van der Waals surface area contributed by atoms with Gasteiger partial charge in [0.25, 0.3) is 0 Å². The molecule has 10 N–H and O–H groups in total. The molecule has 1 saturated heterocycles. The van der Waals surface area contributed by atoms with E-state index in [1.807, 2.05) is 26.8 Å².